The Bertz CT molecular complexity index is 250. The van der Waals surface area contributed by atoms with Gasteiger partial charge in [0.2, 0.25) is 0 Å². The maximum atomic E-state index is 5.69. The van der Waals surface area contributed by atoms with Gasteiger partial charge in [0.05, 0.1) is 31.0 Å². The zero-order chi connectivity index (χ0) is 17.1. The first-order chi connectivity index (χ1) is 10.1. The van der Waals surface area contributed by atoms with Gasteiger partial charge in [0.25, 0.3) is 0 Å². The molecule has 0 atom stereocenters. The third kappa shape index (κ3) is 16.2. The maximum absolute atomic E-state index is 5.69. The van der Waals surface area contributed by atoms with Crippen molar-refractivity contribution in [2.45, 2.75) is 72.0 Å². The molecule has 0 saturated carbocycles. The van der Waals surface area contributed by atoms with Crippen molar-refractivity contribution in [1.82, 2.24) is 4.90 Å². The second-order valence-electron chi connectivity index (χ2n) is 7.82. The molecule has 0 aliphatic carbocycles. The fourth-order valence-electron chi connectivity index (χ4n) is 2.10. The van der Waals surface area contributed by atoms with Crippen LogP contribution in [0.15, 0.2) is 0 Å². The lowest BCUT2D eigenvalue weighted by molar-refractivity contribution is -0.0271. The van der Waals surface area contributed by atoms with Gasteiger partial charge in [0.15, 0.2) is 0 Å². The van der Waals surface area contributed by atoms with Gasteiger partial charge in [-0.25, -0.2) is 0 Å². The Morgan fingerprint density at radius 1 is 0.727 bits per heavy atom. The number of ether oxygens (including phenoxy) is 3. The molecule has 1 aliphatic heterocycles. The first kappa shape index (κ1) is 21.8. The molecule has 1 fully saturated rings. The van der Waals surface area contributed by atoms with E-state index in [4.69, 9.17) is 14.2 Å². The molecule has 0 aromatic rings. The summed E-state index contributed by atoms with van der Waals surface area (Å²) < 4.78 is 15.8. The second kappa shape index (κ2) is 11.4. The van der Waals surface area contributed by atoms with Gasteiger partial charge >= 0.3 is 0 Å². The molecular weight excluding hydrogens is 278 g/mol. The second-order valence-corrected chi connectivity index (χ2v) is 7.82. The summed E-state index contributed by atoms with van der Waals surface area (Å²) >= 11 is 0. The molecule has 0 aromatic heterocycles. The van der Waals surface area contributed by atoms with Gasteiger partial charge in [-0.3, -0.25) is 0 Å². The molecule has 22 heavy (non-hydrogen) atoms. The van der Waals surface area contributed by atoms with Crippen LogP contribution in [0.5, 0.6) is 0 Å². The molecule has 0 aromatic carbocycles. The van der Waals surface area contributed by atoms with E-state index in [2.05, 4.69) is 25.7 Å². The summed E-state index contributed by atoms with van der Waals surface area (Å²) in [5.41, 5.74) is -0.00564. The first-order valence-electron chi connectivity index (χ1n) is 8.63. The normalized spacial score (nSPS) is 17.0. The average molecular weight is 318 g/mol. The molecule has 0 bridgehead atoms. The fraction of sp³-hybridized carbons (Fsp3) is 1.00. The van der Waals surface area contributed by atoms with Gasteiger partial charge in [-0.2, -0.15) is 0 Å². The van der Waals surface area contributed by atoms with Crippen molar-refractivity contribution in [2.75, 3.05) is 46.6 Å². The quantitative estimate of drug-likeness (QED) is 0.698. The van der Waals surface area contributed by atoms with Crippen LogP contribution in [0.3, 0.4) is 0 Å². The van der Waals surface area contributed by atoms with Crippen LogP contribution in [0.2, 0.25) is 0 Å². The van der Waals surface area contributed by atoms with E-state index in [0.717, 1.165) is 13.2 Å². The lowest BCUT2D eigenvalue weighted by Gasteiger charge is -2.28. The molecule has 1 aliphatic rings. The minimum Gasteiger partial charge on any atom is -0.382 e. The summed E-state index contributed by atoms with van der Waals surface area (Å²) in [4.78, 5) is 2.51. The molecule has 0 spiro atoms. The Balaban J connectivity index is 0.000000433. The average Bonchev–Trinajstić information content (AvgIpc) is 2.38. The summed E-state index contributed by atoms with van der Waals surface area (Å²) in [6.07, 6.45) is 4.15. The Morgan fingerprint density at radius 2 is 1.23 bits per heavy atom. The smallest absolute Gasteiger partial charge is 0.0707 e. The predicted octanol–water partition coefficient (Wildman–Crippen LogP) is 3.74. The van der Waals surface area contributed by atoms with Crippen LogP contribution in [-0.4, -0.2) is 62.7 Å². The third-order valence-corrected chi connectivity index (χ3v) is 3.21. The summed E-state index contributed by atoms with van der Waals surface area (Å²) in [6.45, 7) is 18.3. The van der Waals surface area contributed by atoms with E-state index in [1.807, 2.05) is 20.8 Å². The number of nitrogens with zero attached hydrogens (tertiary/aromatic N) is 1. The highest BCUT2D eigenvalue weighted by molar-refractivity contribution is 4.65. The van der Waals surface area contributed by atoms with E-state index in [-0.39, 0.29) is 11.2 Å². The zero-order valence-electron chi connectivity index (χ0n) is 16.0. The fourth-order valence-corrected chi connectivity index (χ4v) is 2.10. The molecule has 4 heteroatoms. The number of methoxy groups -OCH3 is 1. The topological polar surface area (TPSA) is 30.9 Å². The molecule has 1 rings (SSSR count). The zero-order valence-corrected chi connectivity index (χ0v) is 16.0. The van der Waals surface area contributed by atoms with Crippen LogP contribution in [0.25, 0.3) is 0 Å². The molecule has 134 valence electrons. The van der Waals surface area contributed by atoms with Crippen LogP contribution in [0, 0.1) is 0 Å². The minimum absolute atomic E-state index is 0.0236. The van der Waals surface area contributed by atoms with Gasteiger partial charge in [-0.05, 0) is 67.5 Å². The van der Waals surface area contributed by atoms with Crippen molar-refractivity contribution in [3.05, 3.63) is 0 Å². The maximum Gasteiger partial charge on any atom is 0.0707 e. The molecule has 4 nitrogen and oxygen atoms in total. The van der Waals surface area contributed by atoms with Crippen molar-refractivity contribution in [1.29, 1.82) is 0 Å². The number of rotatable bonds is 6. The lowest BCUT2D eigenvalue weighted by Crippen LogP contribution is -2.34. The standard InChI is InChI=1S/C11H23NO.C7H16O2/c1-11(2,3)13-10-9-12-7-5-4-6-8-12;1-7(2,3)9-6-5-8-4/h4-10H2,1-3H3;5-6H2,1-4H3. The lowest BCUT2D eigenvalue weighted by atomic mass is 10.1. The number of piperidine rings is 1. The minimum atomic E-state index is -0.0292. The Hall–Kier alpha value is -0.160. The Labute approximate surface area is 138 Å². The molecule has 0 unspecified atom stereocenters. The van der Waals surface area contributed by atoms with E-state index in [1.165, 1.54) is 32.4 Å². The first-order valence-corrected chi connectivity index (χ1v) is 8.63. The third-order valence-electron chi connectivity index (χ3n) is 3.21. The molecule has 1 saturated heterocycles. The molecule has 0 radical (unpaired) electrons. The van der Waals surface area contributed by atoms with Crippen molar-refractivity contribution in [2.24, 2.45) is 0 Å². The highest BCUT2D eigenvalue weighted by atomic mass is 16.5. The van der Waals surface area contributed by atoms with E-state index >= 15 is 0 Å². The Morgan fingerprint density at radius 3 is 1.68 bits per heavy atom. The van der Waals surface area contributed by atoms with Crippen LogP contribution in [0.1, 0.15) is 60.8 Å². The van der Waals surface area contributed by atoms with Crippen molar-refractivity contribution in [3.8, 4) is 0 Å². The molecule has 0 N–H and O–H groups in total. The largest absolute Gasteiger partial charge is 0.382 e. The summed E-state index contributed by atoms with van der Waals surface area (Å²) in [5, 5.41) is 0. The Kier molecular flexibility index (Phi) is 11.3. The summed E-state index contributed by atoms with van der Waals surface area (Å²) in [7, 11) is 1.67. The van der Waals surface area contributed by atoms with E-state index in [0.29, 0.717) is 13.2 Å². The number of hydrogen-bond acceptors (Lipinski definition) is 4. The van der Waals surface area contributed by atoms with Crippen LogP contribution < -0.4 is 0 Å². The van der Waals surface area contributed by atoms with E-state index < -0.39 is 0 Å². The monoisotopic (exact) mass is 317 g/mol. The highest BCUT2D eigenvalue weighted by Crippen LogP contribution is 2.10. The summed E-state index contributed by atoms with van der Waals surface area (Å²) in [5.74, 6) is 0. The van der Waals surface area contributed by atoms with Gasteiger partial charge in [-0.15, -0.1) is 0 Å². The van der Waals surface area contributed by atoms with E-state index in [1.54, 1.807) is 7.11 Å². The molecular formula is C18H39NO3. The van der Waals surface area contributed by atoms with Gasteiger partial charge in [-0.1, -0.05) is 6.42 Å². The van der Waals surface area contributed by atoms with E-state index in [9.17, 15) is 0 Å². The predicted molar refractivity (Wildman–Crippen MR) is 93.6 cm³/mol. The van der Waals surface area contributed by atoms with Crippen molar-refractivity contribution in [3.63, 3.8) is 0 Å². The summed E-state index contributed by atoms with van der Waals surface area (Å²) in [6, 6.07) is 0. The van der Waals surface area contributed by atoms with Crippen molar-refractivity contribution < 1.29 is 14.2 Å². The van der Waals surface area contributed by atoms with Gasteiger partial charge in [0.1, 0.15) is 0 Å². The number of hydrogen-bond donors (Lipinski definition) is 0. The van der Waals surface area contributed by atoms with Gasteiger partial charge < -0.3 is 19.1 Å². The number of likely N-dealkylation sites (tertiary alicyclic amines) is 1. The van der Waals surface area contributed by atoms with Gasteiger partial charge in [0, 0.05) is 13.7 Å². The SMILES string of the molecule is CC(C)(C)OCCN1CCCCC1.COCCOC(C)(C)C. The molecule has 1 heterocycles. The molecule has 0 amide bonds. The highest BCUT2D eigenvalue weighted by Gasteiger charge is 2.13. The van der Waals surface area contributed by atoms with Crippen LogP contribution in [-0.2, 0) is 14.2 Å². The van der Waals surface area contributed by atoms with Crippen LogP contribution in [0.4, 0.5) is 0 Å². The van der Waals surface area contributed by atoms with Crippen LogP contribution >= 0.6 is 0 Å². The van der Waals surface area contributed by atoms with Crippen molar-refractivity contribution >= 4 is 0 Å².